The second kappa shape index (κ2) is 7.21. The van der Waals surface area contributed by atoms with Crippen molar-refractivity contribution >= 4 is 11.8 Å². The molecule has 1 unspecified atom stereocenters. The van der Waals surface area contributed by atoms with E-state index >= 15 is 0 Å². The largest absolute Gasteiger partial charge is 0.155 e. The van der Waals surface area contributed by atoms with Gasteiger partial charge in [-0.05, 0) is 71.8 Å². The van der Waals surface area contributed by atoms with Crippen LogP contribution in [0.1, 0.15) is 100 Å². The van der Waals surface area contributed by atoms with Gasteiger partial charge in [0.2, 0.25) is 0 Å². The zero-order valence-corrected chi connectivity index (χ0v) is 17.5. The summed E-state index contributed by atoms with van der Waals surface area (Å²) in [6.07, 6.45) is 1.31. The molecule has 0 N–H and O–H groups in total. The zero-order valence-electron chi connectivity index (χ0n) is 16.7. The predicted octanol–water partition coefficient (Wildman–Crippen LogP) is 7.18. The average Bonchev–Trinajstić information content (AvgIpc) is 2.44. The monoisotopic (exact) mass is 332 g/mol. The van der Waals surface area contributed by atoms with Gasteiger partial charge in [0, 0.05) is 10.5 Å². The van der Waals surface area contributed by atoms with Gasteiger partial charge in [0.25, 0.3) is 0 Å². The molecule has 0 bridgehead atoms. The predicted molar refractivity (Wildman–Crippen MR) is 107 cm³/mol. The molecule has 0 saturated carbocycles. The van der Waals surface area contributed by atoms with Crippen LogP contribution in [0.2, 0.25) is 0 Å². The number of hydrogen-bond acceptors (Lipinski definition) is 1. The molecule has 1 aromatic carbocycles. The van der Waals surface area contributed by atoms with Crippen molar-refractivity contribution in [1.82, 2.24) is 0 Å². The van der Waals surface area contributed by atoms with Gasteiger partial charge in [-0.2, -0.15) is 11.8 Å². The molecule has 2 rings (SSSR count). The Morgan fingerprint density at radius 1 is 1.00 bits per heavy atom. The second-order valence-corrected chi connectivity index (χ2v) is 10.2. The molecule has 0 spiro atoms. The Morgan fingerprint density at radius 2 is 1.61 bits per heavy atom. The lowest BCUT2D eigenvalue weighted by Gasteiger charge is -2.38. The van der Waals surface area contributed by atoms with Gasteiger partial charge in [0.05, 0.1) is 0 Å². The normalized spacial score (nSPS) is 28.7. The van der Waals surface area contributed by atoms with E-state index in [-0.39, 0.29) is 0 Å². The molecule has 1 aliphatic rings. The zero-order chi connectivity index (χ0) is 17.5. The van der Waals surface area contributed by atoms with Gasteiger partial charge in [-0.25, -0.2) is 0 Å². The summed E-state index contributed by atoms with van der Waals surface area (Å²) in [6, 6.07) is 2.49. The van der Waals surface area contributed by atoms with E-state index in [4.69, 9.17) is 0 Å². The van der Waals surface area contributed by atoms with Crippen LogP contribution in [0.3, 0.4) is 0 Å². The molecule has 0 amide bonds. The summed E-state index contributed by atoms with van der Waals surface area (Å²) in [7, 11) is 0. The minimum absolute atomic E-state index is 0.606. The summed E-state index contributed by atoms with van der Waals surface area (Å²) in [5, 5.41) is 1.44. The molecule has 4 atom stereocenters. The SMILES string of the molecule is Cc1cc(C(C)C)c2c(c1C)[C@H](C)[C@H](C)S[C@H](C)CC2C(C)C. The smallest absolute Gasteiger partial charge is 0.00876 e. The Bertz CT molecular complexity index is 556. The van der Waals surface area contributed by atoms with Crippen LogP contribution in [0.25, 0.3) is 0 Å². The highest BCUT2D eigenvalue weighted by molar-refractivity contribution is 8.00. The van der Waals surface area contributed by atoms with Crippen LogP contribution in [0.4, 0.5) is 0 Å². The summed E-state index contributed by atoms with van der Waals surface area (Å²) < 4.78 is 0. The maximum atomic E-state index is 2.49. The maximum absolute atomic E-state index is 2.49. The minimum Gasteiger partial charge on any atom is -0.155 e. The molecule has 0 nitrogen and oxygen atoms in total. The first kappa shape index (κ1) is 18.9. The Hall–Kier alpha value is -0.430. The summed E-state index contributed by atoms with van der Waals surface area (Å²) in [5.41, 5.74) is 8.03. The third-order valence-electron chi connectivity index (χ3n) is 5.96. The molecule has 1 heteroatoms. The van der Waals surface area contributed by atoms with E-state index in [0.717, 1.165) is 5.25 Å². The van der Waals surface area contributed by atoms with Gasteiger partial charge in [0.1, 0.15) is 0 Å². The number of benzene rings is 1. The first-order valence-corrected chi connectivity index (χ1v) is 10.4. The number of rotatable bonds is 2. The van der Waals surface area contributed by atoms with Crippen molar-refractivity contribution in [2.75, 3.05) is 0 Å². The van der Waals surface area contributed by atoms with E-state index < -0.39 is 0 Å². The Kier molecular flexibility index (Phi) is 5.93. The lowest BCUT2D eigenvalue weighted by molar-refractivity contribution is 0.452. The summed E-state index contributed by atoms with van der Waals surface area (Å²) in [6.45, 7) is 21.6. The number of fused-ring (bicyclic) bond motifs is 1. The maximum Gasteiger partial charge on any atom is 0.00876 e. The van der Waals surface area contributed by atoms with E-state index in [0.29, 0.717) is 28.9 Å². The van der Waals surface area contributed by atoms with Gasteiger partial charge in [-0.15, -0.1) is 0 Å². The molecule has 1 heterocycles. The van der Waals surface area contributed by atoms with Crippen molar-refractivity contribution in [2.24, 2.45) is 5.92 Å². The van der Waals surface area contributed by atoms with Crippen LogP contribution in [0.5, 0.6) is 0 Å². The van der Waals surface area contributed by atoms with Crippen LogP contribution >= 0.6 is 11.8 Å². The summed E-state index contributed by atoms with van der Waals surface area (Å²) in [4.78, 5) is 0. The van der Waals surface area contributed by atoms with Gasteiger partial charge in [-0.1, -0.05) is 54.5 Å². The van der Waals surface area contributed by atoms with E-state index in [1.807, 2.05) is 0 Å². The van der Waals surface area contributed by atoms with Crippen LogP contribution in [0.15, 0.2) is 6.07 Å². The van der Waals surface area contributed by atoms with Crippen molar-refractivity contribution < 1.29 is 0 Å². The molecule has 0 fully saturated rings. The van der Waals surface area contributed by atoms with Gasteiger partial charge < -0.3 is 0 Å². The van der Waals surface area contributed by atoms with Crippen molar-refractivity contribution in [3.63, 3.8) is 0 Å². The number of aryl methyl sites for hydroxylation is 1. The third-order valence-corrected chi connectivity index (χ3v) is 7.45. The third kappa shape index (κ3) is 3.65. The van der Waals surface area contributed by atoms with Gasteiger partial charge >= 0.3 is 0 Å². The van der Waals surface area contributed by atoms with Crippen molar-refractivity contribution in [3.05, 3.63) is 33.9 Å². The molecule has 0 aliphatic carbocycles. The summed E-state index contributed by atoms with van der Waals surface area (Å²) >= 11 is 2.20. The molecule has 1 aliphatic heterocycles. The van der Waals surface area contributed by atoms with Crippen molar-refractivity contribution in [2.45, 2.75) is 97.0 Å². The highest BCUT2D eigenvalue weighted by atomic mass is 32.2. The Morgan fingerprint density at radius 3 is 2.13 bits per heavy atom. The first-order valence-electron chi connectivity index (χ1n) is 9.44. The van der Waals surface area contributed by atoms with Gasteiger partial charge in [-0.3, -0.25) is 0 Å². The highest BCUT2D eigenvalue weighted by Gasteiger charge is 2.33. The quantitative estimate of drug-likeness (QED) is 0.552. The lowest BCUT2D eigenvalue weighted by atomic mass is 9.72. The molecule has 0 aromatic heterocycles. The first-order chi connectivity index (χ1) is 10.6. The number of thioether (sulfide) groups is 1. The Balaban J connectivity index is 2.80. The van der Waals surface area contributed by atoms with Crippen LogP contribution < -0.4 is 0 Å². The van der Waals surface area contributed by atoms with E-state index in [1.54, 1.807) is 22.3 Å². The molecule has 1 aromatic rings. The Labute approximate surface area is 148 Å². The van der Waals surface area contributed by atoms with Crippen LogP contribution in [-0.2, 0) is 0 Å². The van der Waals surface area contributed by atoms with Crippen LogP contribution in [-0.4, -0.2) is 10.5 Å². The molecular weight excluding hydrogens is 296 g/mol. The minimum atomic E-state index is 0.606. The molecule has 130 valence electrons. The molecule has 0 saturated heterocycles. The lowest BCUT2D eigenvalue weighted by Crippen LogP contribution is -2.26. The fourth-order valence-electron chi connectivity index (χ4n) is 4.32. The van der Waals surface area contributed by atoms with Crippen LogP contribution in [0, 0.1) is 19.8 Å². The molecule has 23 heavy (non-hydrogen) atoms. The fraction of sp³-hybridized carbons (Fsp3) is 0.727. The topological polar surface area (TPSA) is 0 Å². The van der Waals surface area contributed by atoms with E-state index in [1.165, 1.54) is 12.0 Å². The van der Waals surface area contributed by atoms with E-state index in [9.17, 15) is 0 Å². The molecule has 0 radical (unpaired) electrons. The van der Waals surface area contributed by atoms with E-state index in [2.05, 4.69) is 80.1 Å². The summed E-state index contributed by atoms with van der Waals surface area (Å²) in [5.74, 6) is 2.64. The van der Waals surface area contributed by atoms with Crippen molar-refractivity contribution in [3.8, 4) is 0 Å². The molecular formula is C22H36S. The average molecular weight is 333 g/mol. The second-order valence-electron chi connectivity index (χ2n) is 8.42. The van der Waals surface area contributed by atoms with Crippen molar-refractivity contribution in [1.29, 1.82) is 0 Å². The number of hydrogen-bond donors (Lipinski definition) is 0. The fourth-order valence-corrected chi connectivity index (χ4v) is 5.75. The van der Waals surface area contributed by atoms with Gasteiger partial charge in [0.15, 0.2) is 0 Å². The standard InChI is InChI=1S/C22H36S/c1-12(2)19-10-14(5)16(7)21-17(8)18(9)23-15(6)11-20(13(3)4)22(19)21/h10,12-13,15,17-18,20H,11H2,1-9H3/t15-,17-,18+,20?/m1/s1. The highest BCUT2D eigenvalue weighted by Crippen LogP contribution is 2.48.